The molecule has 0 aliphatic carbocycles. The van der Waals surface area contributed by atoms with E-state index in [1.807, 2.05) is 85.1 Å². The highest BCUT2D eigenvalue weighted by Crippen LogP contribution is 2.13. The summed E-state index contributed by atoms with van der Waals surface area (Å²) in [6, 6.07) is 0. The minimum absolute atomic E-state index is 0.117. The Hall–Kier alpha value is -4.71. The minimum Gasteiger partial charge on any atom is -0.462 e. The van der Waals surface area contributed by atoms with Crippen molar-refractivity contribution in [2.45, 2.75) is 200 Å². The maximum Gasteiger partial charge on any atom is 0.306 e. The smallest absolute Gasteiger partial charge is 0.306 e. The minimum atomic E-state index is -0.823. The summed E-state index contributed by atoms with van der Waals surface area (Å²) in [5, 5.41) is 0. The Morgan fingerprint density at radius 1 is 0.318 bits per heavy atom. The lowest BCUT2D eigenvalue weighted by Crippen LogP contribution is -2.30. The largest absolute Gasteiger partial charge is 0.462 e. The van der Waals surface area contributed by atoms with Crippen LogP contribution in [0.5, 0.6) is 0 Å². The van der Waals surface area contributed by atoms with Gasteiger partial charge < -0.3 is 14.2 Å². The van der Waals surface area contributed by atoms with Crippen LogP contribution in [-0.4, -0.2) is 37.2 Å². The van der Waals surface area contributed by atoms with E-state index in [1.54, 1.807) is 0 Å². The van der Waals surface area contributed by atoms with Gasteiger partial charge in [-0.15, -0.1) is 0 Å². The van der Waals surface area contributed by atoms with Crippen LogP contribution in [0.2, 0.25) is 0 Å². The highest BCUT2D eigenvalue weighted by Gasteiger charge is 2.19. The fourth-order valence-corrected chi connectivity index (χ4v) is 6.42. The number of esters is 3. The number of carbonyl (C=O) groups is 3. The van der Waals surface area contributed by atoms with Gasteiger partial charge in [0.25, 0.3) is 0 Å². The second-order valence-electron chi connectivity index (χ2n) is 16.6. The van der Waals surface area contributed by atoms with Gasteiger partial charge in [0.1, 0.15) is 13.2 Å². The van der Waals surface area contributed by atoms with E-state index in [1.165, 1.54) is 38.5 Å². The normalized spacial score (nSPS) is 13.3. The molecule has 0 saturated carbocycles. The van der Waals surface area contributed by atoms with Crippen LogP contribution in [-0.2, 0) is 28.6 Å². The van der Waals surface area contributed by atoms with Crippen molar-refractivity contribution in [2.24, 2.45) is 0 Å². The number of hydrogen-bond donors (Lipinski definition) is 0. The molecule has 6 nitrogen and oxygen atoms in total. The van der Waals surface area contributed by atoms with Crippen LogP contribution in [0.25, 0.3) is 0 Å². The lowest BCUT2D eigenvalue weighted by atomic mass is 10.1. The van der Waals surface area contributed by atoms with E-state index in [0.29, 0.717) is 19.3 Å². The molecule has 1 atom stereocenters. The zero-order chi connectivity index (χ0) is 47.9. The monoisotopic (exact) mass is 909 g/mol. The van der Waals surface area contributed by atoms with Gasteiger partial charge in [0.15, 0.2) is 6.10 Å². The Kier molecular flexibility index (Phi) is 49.1. The number of carbonyl (C=O) groups excluding carboxylic acids is 3. The molecule has 0 bridgehead atoms. The number of allylic oxidation sites excluding steroid dienone is 24. The van der Waals surface area contributed by atoms with Crippen molar-refractivity contribution in [3.63, 3.8) is 0 Å². The summed E-state index contributed by atoms with van der Waals surface area (Å²) in [6.45, 7) is 6.28. The Morgan fingerprint density at radius 2 is 0.621 bits per heavy atom. The van der Waals surface area contributed by atoms with E-state index >= 15 is 0 Å². The summed E-state index contributed by atoms with van der Waals surface area (Å²) in [4.78, 5) is 38.0. The zero-order valence-corrected chi connectivity index (χ0v) is 41.9. The van der Waals surface area contributed by atoms with Gasteiger partial charge in [-0.05, 0) is 83.5 Å². The second kappa shape index (κ2) is 52.9. The third kappa shape index (κ3) is 50.3. The fourth-order valence-electron chi connectivity index (χ4n) is 6.42. The molecule has 0 aromatic carbocycles. The van der Waals surface area contributed by atoms with Crippen LogP contribution < -0.4 is 0 Å². The van der Waals surface area contributed by atoms with Gasteiger partial charge in [-0.2, -0.15) is 0 Å². The molecule has 66 heavy (non-hydrogen) atoms. The van der Waals surface area contributed by atoms with E-state index in [2.05, 4.69) is 81.5 Å². The Bertz CT molecular complexity index is 1510. The lowest BCUT2D eigenvalue weighted by molar-refractivity contribution is -0.167. The molecule has 0 N–H and O–H groups in total. The molecule has 368 valence electrons. The third-order valence-electron chi connectivity index (χ3n) is 10.3. The van der Waals surface area contributed by atoms with Gasteiger partial charge in [-0.1, -0.05) is 237 Å². The van der Waals surface area contributed by atoms with E-state index in [4.69, 9.17) is 14.2 Å². The van der Waals surface area contributed by atoms with Crippen molar-refractivity contribution in [2.75, 3.05) is 13.2 Å². The Morgan fingerprint density at radius 3 is 1.02 bits per heavy atom. The molecule has 0 aliphatic rings. The predicted molar refractivity (Wildman–Crippen MR) is 283 cm³/mol. The van der Waals surface area contributed by atoms with Crippen LogP contribution in [0.4, 0.5) is 0 Å². The van der Waals surface area contributed by atoms with Gasteiger partial charge in [0, 0.05) is 19.3 Å². The summed E-state index contributed by atoms with van der Waals surface area (Å²) in [5.74, 6) is -1.01. The van der Waals surface area contributed by atoms with Crippen LogP contribution in [0.1, 0.15) is 194 Å². The van der Waals surface area contributed by atoms with E-state index in [-0.39, 0.29) is 37.5 Å². The van der Waals surface area contributed by atoms with Crippen LogP contribution >= 0.6 is 0 Å². The molecule has 0 amide bonds. The summed E-state index contributed by atoms with van der Waals surface area (Å²) < 4.78 is 16.7. The summed E-state index contributed by atoms with van der Waals surface area (Å²) in [6.07, 6.45) is 75.3. The van der Waals surface area contributed by atoms with Gasteiger partial charge in [-0.25, -0.2) is 0 Å². The number of hydrogen-bond acceptors (Lipinski definition) is 6. The average molecular weight is 909 g/mol. The molecule has 0 aliphatic heterocycles. The van der Waals surface area contributed by atoms with Crippen molar-refractivity contribution in [1.82, 2.24) is 0 Å². The lowest BCUT2D eigenvalue weighted by Gasteiger charge is -2.18. The van der Waals surface area contributed by atoms with E-state index < -0.39 is 6.10 Å². The molecule has 0 aromatic rings. The summed E-state index contributed by atoms with van der Waals surface area (Å²) in [5.41, 5.74) is 0. The average Bonchev–Trinajstić information content (AvgIpc) is 3.31. The van der Waals surface area contributed by atoms with Crippen molar-refractivity contribution in [3.05, 3.63) is 146 Å². The molecule has 0 saturated heterocycles. The first-order chi connectivity index (χ1) is 32.5. The first-order valence-electron chi connectivity index (χ1n) is 26.0. The van der Waals surface area contributed by atoms with Gasteiger partial charge in [0.05, 0.1) is 0 Å². The first-order valence-corrected chi connectivity index (χ1v) is 26.0. The third-order valence-corrected chi connectivity index (χ3v) is 10.3. The zero-order valence-electron chi connectivity index (χ0n) is 41.9. The maximum absolute atomic E-state index is 12.8. The Balaban J connectivity index is 4.58. The standard InChI is InChI=1S/C60H92O6/c1-4-7-10-13-16-19-22-25-28-29-30-33-35-38-41-44-47-50-53-59(62)65-56-57(66-60(63)54-51-48-45-42-39-36-32-27-24-21-18-15-12-9-6-3)55-64-58(61)52-49-46-43-40-37-34-31-26-23-20-17-14-11-8-5-2/h9-10,12-13,15-30,32-33,36,39,57H,4-8,11,14,31,34-35,37-38,40-56H2,1-3H3/b12-9-,13-10-,18-15-,19-16-,20-17-,24-21-,25-22-,26-23-,29-28-,32-27-,33-30-,39-36-. The highest BCUT2D eigenvalue weighted by molar-refractivity contribution is 5.71. The maximum atomic E-state index is 12.8. The molecule has 0 radical (unpaired) electrons. The fraction of sp³-hybridized carbons (Fsp3) is 0.550. The van der Waals surface area contributed by atoms with Crippen molar-refractivity contribution < 1.29 is 28.6 Å². The van der Waals surface area contributed by atoms with Crippen molar-refractivity contribution in [1.29, 1.82) is 0 Å². The molecule has 6 heteroatoms. The molecule has 0 heterocycles. The van der Waals surface area contributed by atoms with Crippen molar-refractivity contribution in [3.8, 4) is 0 Å². The number of unbranched alkanes of at least 4 members (excludes halogenated alkanes) is 18. The van der Waals surface area contributed by atoms with Crippen molar-refractivity contribution >= 4 is 17.9 Å². The van der Waals surface area contributed by atoms with Crippen LogP contribution in [0.3, 0.4) is 0 Å². The number of rotatable bonds is 44. The summed E-state index contributed by atoms with van der Waals surface area (Å²) in [7, 11) is 0. The first kappa shape index (κ1) is 61.3. The second-order valence-corrected chi connectivity index (χ2v) is 16.6. The number of ether oxygens (including phenoxy) is 3. The quantitative estimate of drug-likeness (QED) is 0.0262. The summed E-state index contributed by atoms with van der Waals surface area (Å²) >= 11 is 0. The van der Waals surface area contributed by atoms with Crippen LogP contribution in [0, 0.1) is 0 Å². The van der Waals surface area contributed by atoms with Gasteiger partial charge >= 0.3 is 17.9 Å². The van der Waals surface area contributed by atoms with Gasteiger partial charge in [0.2, 0.25) is 0 Å². The van der Waals surface area contributed by atoms with E-state index in [0.717, 1.165) is 109 Å². The molecule has 0 spiro atoms. The van der Waals surface area contributed by atoms with E-state index in [9.17, 15) is 14.4 Å². The van der Waals surface area contributed by atoms with Gasteiger partial charge in [-0.3, -0.25) is 14.4 Å². The Labute approximate surface area is 404 Å². The molecule has 0 fully saturated rings. The topological polar surface area (TPSA) is 78.9 Å². The van der Waals surface area contributed by atoms with Crippen LogP contribution in [0.15, 0.2) is 146 Å². The molecular formula is C60H92O6. The molecule has 0 rings (SSSR count). The predicted octanol–water partition coefficient (Wildman–Crippen LogP) is 17.3. The molecule has 0 aromatic heterocycles. The SMILES string of the molecule is CC\C=C/C=C\C=C/C=C\C=C/CCCCCC(=O)OC(COC(=O)CCCCCCC\C=C/C=C\C=C/C=C\C=C/CCC)COC(=O)CCCCCCCC/C=C\C=C/CCCCC. The molecule has 1 unspecified atom stereocenters. The molecular weight excluding hydrogens is 817 g/mol. The highest BCUT2D eigenvalue weighted by atomic mass is 16.6.